The Kier molecular flexibility index (Phi) is 9.36. The first-order valence-electron chi connectivity index (χ1n) is 8.23. The summed E-state index contributed by atoms with van der Waals surface area (Å²) in [6.45, 7) is 6.69. The fourth-order valence-electron chi connectivity index (χ4n) is 1.94. The Morgan fingerprint density at radius 1 is 1.35 bits per heavy atom. The highest BCUT2D eigenvalue weighted by molar-refractivity contribution is 7.36. The van der Waals surface area contributed by atoms with Crippen molar-refractivity contribution in [2.45, 2.75) is 52.6 Å². The molecule has 3 unspecified atom stereocenters. The Hall–Kier alpha value is -1.87. The quantitative estimate of drug-likeness (QED) is 0.424. The van der Waals surface area contributed by atoms with Gasteiger partial charge in [-0.15, -0.1) is 4.52 Å². The molecule has 0 aliphatic rings. The lowest BCUT2D eigenvalue weighted by molar-refractivity contribution is -0.145. The summed E-state index contributed by atoms with van der Waals surface area (Å²) < 4.78 is 28.7. The second-order valence-corrected chi connectivity index (χ2v) is 6.80. The van der Waals surface area contributed by atoms with Gasteiger partial charge in [-0.25, -0.2) is 4.79 Å². The number of nitrogens with one attached hydrogen (secondary N) is 2. The molecule has 0 amide bonds. The highest BCUT2D eigenvalue weighted by atomic mass is 31.1. The smallest absolute Gasteiger partial charge is 0.462 e. The summed E-state index contributed by atoms with van der Waals surface area (Å²) in [7, 11) is -2.26. The lowest BCUT2D eigenvalue weighted by atomic mass is 10.3. The molecule has 3 atom stereocenters. The lowest BCUT2D eigenvalue weighted by Crippen LogP contribution is -2.33. The minimum Gasteiger partial charge on any atom is -0.462 e. The van der Waals surface area contributed by atoms with Gasteiger partial charge in [-0.05, 0) is 31.8 Å². The number of aromatic nitrogens is 2. The van der Waals surface area contributed by atoms with Crippen molar-refractivity contribution >= 4 is 14.1 Å². The number of ether oxygens (including phenoxy) is 2. The second-order valence-electron chi connectivity index (χ2n) is 5.71. The van der Waals surface area contributed by atoms with E-state index in [-0.39, 0.29) is 19.3 Å². The van der Waals surface area contributed by atoms with Gasteiger partial charge in [0.15, 0.2) is 0 Å². The standard InChI is InChI=1S/C15H24N3O7P/c1-5-12(9-23-26(22)16-8-14(20)24-10(2)3)25-11(4)18-7-6-13(19)17-15(18)21/h6-7,10-12H,5,8-9H2,1-4H3,(H-,16,17,19,21,22)/p+1. The van der Waals surface area contributed by atoms with Crippen molar-refractivity contribution in [1.29, 1.82) is 0 Å². The van der Waals surface area contributed by atoms with Crippen molar-refractivity contribution in [1.82, 2.24) is 14.6 Å². The molecule has 1 aromatic heterocycles. The molecule has 0 aliphatic carbocycles. The molecular weight excluding hydrogens is 365 g/mol. The van der Waals surface area contributed by atoms with E-state index in [2.05, 4.69) is 10.1 Å². The average Bonchev–Trinajstić information content (AvgIpc) is 2.55. The van der Waals surface area contributed by atoms with Gasteiger partial charge in [0.05, 0.1) is 12.2 Å². The molecule has 0 aromatic carbocycles. The third kappa shape index (κ3) is 8.01. The van der Waals surface area contributed by atoms with Gasteiger partial charge in [-0.1, -0.05) is 12.0 Å². The molecule has 11 heteroatoms. The third-order valence-electron chi connectivity index (χ3n) is 3.18. The number of hydrogen-bond acceptors (Lipinski definition) is 7. The number of nitrogens with zero attached hydrogens (tertiary/aromatic N) is 1. The fourth-order valence-corrected chi connectivity index (χ4v) is 2.59. The van der Waals surface area contributed by atoms with Gasteiger partial charge in [0, 0.05) is 12.3 Å². The Morgan fingerprint density at radius 3 is 2.62 bits per heavy atom. The molecule has 26 heavy (non-hydrogen) atoms. The predicted octanol–water partition coefficient (Wildman–Crippen LogP) is 1.07. The molecule has 0 saturated heterocycles. The summed E-state index contributed by atoms with van der Waals surface area (Å²) in [5.74, 6) is -0.527. The van der Waals surface area contributed by atoms with Crippen molar-refractivity contribution in [2.75, 3.05) is 13.2 Å². The Labute approximate surface area is 151 Å². The number of hydrogen-bond donors (Lipinski definition) is 2. The molecule has 146 valence electrons. The number of carbonyl (C=O) groups is 1. The van der Waals surface area contributed by atoms with Crippen LogP contribution in [0.2, 0.25) is 0 Å². The first-order chi connectivity index (χ1) is 12.2. The van der Waals surface area contributed by atoms with E-state index < -0.39 is 37.7 Å². The van der Waals surface area contributed by atoms with E-state index in [1.807, 2.05) is 6.92 Å². The Balaban J connectivity index is 2.46. The third-order valence-corrected chi connectivity index (χ3v) is 3.98. The van der Waals surface area contributed by atoms with Crippen LogP contribution in [0.25, 0.3) is 0 Å². The maximum absolute atomic E-state index is 11.8. The topological polar surface area (TPSA) is 129 Å². The second kappa shape index (κ2) is 11.0. The lowest BCUT2D eigenvalue weighted by Gasteiger charge is -2.20. The summed E-state index contributed by atoms with van der Waals surface area (Å²) in [6, 6.07) is 1.22. The highest BCUT2D eigenvalue weighted by Gasteiger charge is 2.24. The monoisotopic (exact) mass is 390 g/mol. The zero-order valence-electron chi connectivity index (χ0n) is 15.3. The van der Waals surface area contributed by atoms with Gasteiger partial charge in [-0.2, -0.15) is 0 Å². The van der Waals surface area contributed by atoms with Crippen LogP contribution in [0, 0.1) is 0 Å². The van der Waals surface area contributed by atoms with E-state index in [0.717, 1.165) is 0 Å². The number of rotatable bonds is 11. The highest BCUT2D eigenvalue weighted by Crippen LogP contribution is 2.19. The molecule has 0 aliphatic heterocycles. The van der Waals surface area contributed by atoms with Gasteiger partial charge in [0.2, 0.25) is 0 Å². The number of H-pyrrole nitrogens is 1. The zero-order valence-corrected chi connectivity index (χ0v) is 16.2. The Bertz CT molecular complexity index is 716. The van der Waals surface area contributed by atoms with Crippen LogP contribution >= 0.6 is 8.18 Å². The summed E-state index contributed by atoms with van der Waals surface area (Å²) in [4.78, 5) is 36.3. The van der Waals surface area contributed by atoms with Crippen molar-refractivity contribution < 1.29 is 23.4 Å². The number of carbonyl (C=O) groups excluding carboxylic acids is 1. The maximum atomic E-state index is 11.8. The van der Waals surface area contributed by atoms with Gasteiger partial charge in [0.25, 0.3) is 5.56 Å². The van der Waals surface area contributed by atoms with Crippen LogP contribution < -0.4 is 16.3 Å². The first kappa shape index (κ1) is 22.2. The summed E-state index contributed by atoms with van der Waals surface area (Å²) in [6.07, 6.45) is 0.536. The van der Waals surface area contributed by atoms with Crippen molar-refractivity contribution in [3.8, 4) is 0 Å². The fraction of sp³-hybridized carbons (Fsp3) is 0.667. The van der Waals surface area contributed by atoms with Crippen LogP contribution in [0.3, 0.4) is 0 Å². The molecule has 10 nitrogen and oxygen atoms in total. The van der Waals surface area contributed by atoms with E-state index in [1.165, 1.54) is 16.8 Å². The molecule has 0 spiro atoms. The molecule has 0 radical (unpaired) electrons. The van der Waals surface area contributed by atoms with E-state index >= 15 is 0 Å². The molecular formula is C15H25N3O7P+. The number of esters is 1. The van der Waals surface area contributed by atoms with Crippen LogP contribution in [0.1, 0.15) is 40.3 Å². The molecule has 1 aromatic rings. The maximum Gasteiger partial charge on any atom is 0.613 e. The molecule has 2 N–H and O–H groups in total. The van der Waals surface area contributed by atoms with E-state index in [9.17, 15) is 18.9 Å². The molecule has 0 bridgehead atoms. The van der Waals surface area contributed by atoms with Gasteiger partial charge in [-0.3, -0.25) is 19.1 Å². The molecule has 0 fully saturated rings. The average molecular weight is 390 g/mol. The van der Waals surface area contributed by atoms with Crippen molar-refractivity contribution in [2.24, 2.45) is 0 Å². The largest absolute Gasteiger partial charge is 0.613 e. The Morgan fingerprint density at radius 2 is 2.04 bits per heavy atom. The normalized spacial score (nSPS) is 14.1. The molecule has 1 rings (SSSR count). The van der Waals surface area contributed by atoms with Crippen molar-refractivity contribution in [3.63, 3.8) is 0 Å². The number of aromatic amines is 1. The minimum absolute atomic E-state index is 0.000373. The first-order valence-corrected chi connectivity index (χ1v) is 9.40. The van der Waals surface area contributed by atoms with E-state index in [1.54, 1.807) is 20.8 Å². The SMILES string of the molecule is CCC(CO[P+](=O)NCC(=O)OC(C)C)OC(C)n1ccc(=O)[nH]c1=O. The molecule has 1 heterocycles. The van der Waals surface area contributed by atoms with Crippen LogP contribution in [-0.2, 0) is 23.4 Å². The summed E-state index contributed by atoms with van der Waals surface area (Å²) in [5.41, 5.74) is -1.08. The van der Waals surface area contributed by atoms with E-state index in [0.29, 0.717) is 6.42 Å². The predicted molar refractivity (Wildman–Crippen MR) is 94.0 cm³/mol. The van der Waals surface area contributed by atoms with Gasteiger partial charge < -0.3 is 9.47 Å². The van der Waals surface area contributed by atoms with Crippen LogP contribution in [0.15, 0.2) is 21.9 Å². The summed E-state index contributed by atoms with van der Waals surface area (Å²) in [5, 5.41) is 2.43. The minimum atomic E-state index is -2.26. The summed E-state index contributed by atoms with van der Waals surface area (Å²) >= 11 is 0. The van der Waals surface area contributed by atoms with Crippen LogP contribution in [0.4, 0.5) is 0 Å². The van der Waals surface area contributed by atoms with E-state index in [4.69, 9.17) is 14.0 Å². The van der Waals surface area contributed by atoms with Gasteiger partial charge in [0.1, 0.15) is 19.4 Å². The van der Waals surface area contributed by atoms with Crippen molar-refractivity contribution in [3.05, 3.63) is 33.1 Å². The zero-order chi connectivity index (χ0) is 19.7. The van der Waals surface area contributed by atoms with Gasteiger partial charge >= 0.3 is 19.8 Å². The molecule has 0 saturated carbocycles. The van der Waals surface area contributed by atoms with Crippen LogP contribution in [-0.4, -0.2) is 40.9 Å². The van der Waals surface area contributed by atoms with Crippen LogP contribution in [0.5, 0.6) is 0 Å².